The van der Waals surface area contributed by atoms with E-state index in [1.54, 1.807) is 0 Å². The first kappa shape index (κ1) is 24.3. The van der Waals surface area contributed by atoms with Crippen molar-refractivity contribution in [2.45, 2.75) is 85.0 Å². The zero-order valence-electron chi connectivity index (χ0n) is 20.2. The molecule has 3 aromatic rings. The van der Waals surface area contributed by atoms with Crippen molar-refractivity contribution in [3.8, 4) is 11.6 Å². The Bertz CT molecular complexity index is 955. The van der Waals surface area contributed by atoms with Gasteiger partial charge in [-0.15, -0.1) is 0 Å². The largest absolute Gasteiger partial charge is 0.488 e. The van der Waals surface area contributed by atoms with Gasteiger partial charge in [-0.2, -0.15) is 0 Å². The molecule has 0 aliphatic carbocycles. The molecule has 0 aliphatic heterocycles. The van der Waals surface area contributed by atoms with Crippen molar-refractivity contribution >= 4 is 21.8 Å². The summed E-state index contributed by atoms with van der Waals surface area (Å²) in [5.74, 6) is 2.17. The highest BCUT2D eigenvalue weighted by atomic mass is 16.5. The first-order valence-electron chi connectivity index (χ1n) is 12.6. The van der Waals surface area contributed by atoms with E-state index in [1.807, 2.05) is 24.4 Å². The number of pyridine rings is 2. The Hall–Kier alpha value is -2.36. The summed E-state index contributed by atoms with van der Waals surface area (Å²) in [6.45, 7) is 8.21. The second-order valence-corrected chi connectivity index (χ2v) is 9.20. The summed E-state index contributed by atoms with van der Waals surface area (Å²) in [4.78, 5) is 9.32. The second kappa shape index (κ2) is 13.2. The third-order valence-electron chi connectivity index (χ3n) is 5.93. The Morgan fingerprint density at radius 2 is 1.50 bits per heavy atom. The maximum atomic E-state index is 6.21. The lowest BCUT2D eigenvalue weighted by atomic mass is 10.0. The standard InChI is InChI=1S/C28H40N2O2/c1-4-5-6-8-12-20-32-28-27(31-19-11-9-7-10-14-22(2)3)21-24-23-15-13-18-29-25(23)16-17-26(24)30-28/h13,15-18,21-22H,4-12,14,19-20H2,1-3H3. The molecule has 0 fully saturated rings. The average molecular weight is 437 g/mol. The molecule has 0 bridgehead atoms. The summed E-state index contributed by atoms with van der Waals surface area (Å²) >= 11 is 0. The lowest BCUT2D eigenvalue weighted by Crippen LogP contribution is -2.05. The van der Waals surface area contributed by atoms with Gasteiger partial charge >= 0.3 is 0 Å². The smallest absolute Gasteiger partial charge is 0.257 e. The fourth-order valence-corrected chi connectivity index (χ4v) is 4.04. The SMILES string of the molecule is CCCCCCCOc1nc2ccc3ncccc3c2cc1OCCCCCCC(C)C. The Labute approximate surface area is 193 Å². The number of fused-ring (bicyclic) bond motifs is 3. The van der Waals surface area contributed by atoms with Gasteiger partial charge in [0.2, 0.25) is 0 Å². The van der Waals surface area contributed by atoms with Gasteiger partial charge < -0.3 is 9.47 Å². The molecule has 0 unspecified atom stereocenters. The van der Waals surface area contributed by atoms with Gasteiger partial charge in [0.15, 0.2) is 5.75 Å². The molecule has 2 heterocycles. The summed E-state index contributed by atoms with van der Waals surface area (Å²) in [6, 6.07) is 10.2. The predicted octanol–water partition coefficient (Wildman–Crippen LogP) is 8.12. The third-order valence-corrected chi connectivity index (χ3v) is 5.93. The van der Waals surface area contributed by atoms with E-state index < -0.39 is 0 Å². The maximum Gasteiger partial charge on any atom is 0.257 e. The van der Waals surface area contributed by atoms with E-state index in [4.69, 9.17) is 14.5 Å². The molecule has 4 heteroatoms. The van der Waals surface area contributed by atoms with Gasteiger partial charge in [-0.25, -0.2) is 4.98 Å². The van der Waals surface area contributed by atoms with Crippen molar-refractivity contribution in [1.82, 2.24) is 9.97 Å². The summed E-state index contributed by atoms with van der Waals surface area (Å²) < 4.78 is 12.3. The normalized spacial score (nSPS) is 11.5. The van der Waals surface area contributed by atoms with Crippen LogP contribution in [0.25, 0.3) is 21.8 Å². The summed E-state index contributed by atoms with van der Waals surface area (Å²) in [5.41, 5.74) is 1.90. The number of ether oxygens (including phenoxy) is 2. The molecule has 2 aromatic heterocycles. The van der Waals surface area contributed by atoms with E-state index >= 15 is 0 Å². The quantitative estimate of drug-likeness (QED) is 0.178. The van der Waals surface area contributed by atoms with Crippen LogP contribution in [0, 0.1) is 5.92 Å². The average Bonchev–Trinajstić information content (AvgIpc) is 2.80. The lowest BCUT2D eigenvalue weighted by molar-refractivity contribution is 0.251. The molecular weight excluding hydrogens is 396 g/mol. The molecular formula is C28H40N2O2. The van der Waals surface area contributed by atoms with Crippen molar-refractivity contribution in [2.24, 2.45) is 5.92 Å². The number of hydrogen-bond acceptors (Lipinski definition) is 4. The van der Waals surface area contributed by atoms with Gasteiger partial charge in [0.05, 0.1) is 24.2 Å². The molecule has 3 rings (SSSR count). The Balaban J connectivity index is 1.67. The minimum absolute atomic E-state index is 0.621. The van der Waals surface area contributed by atoms with Crippen molar-refractivity contribution in [3.05, 3.63) is 36.5 Å². The molecule has 32 heavy (non-hydrogen) atoms. The number of unbranched alkanes of at least 4 members (excludes halogenated alkanes) is 7. The molecule has 0 amide bonds. The molecule has 174 valence electrons. The van der Waals surface area contributed by atoms with Gasteiger partial charge in [0.1, 0.15) is 0 Å². The first-order chi connectivity index (χ1) is 15.7. The highest BCUT2D eigenvalue weighted by Gasteiger charge is 2.12. The van der Waals surface area contributed by atoms with Gasteiger partial charge in [0, 0.05) is 17.0 Å². The van der Waals surface area contributed by atoms with Crippen LogP contribution in [-0.2, 0) is 0 Å². The fraction of sp³-hybridized carbons (Fsp3) is 0.571. The number of nitrogens with zero attached hydrogens (tertiary/aromatic N) is 2. The summed E-state index contributed by atoms with van der Waals surface area (Å²) in [6.07, 6.45) is 14.0. The minimum Gasteiger partial charge on any atom is -0.488 e. The van der Waals surface area contributed by atoms with Gasteiger partial charge in [-0.05, 0) is 43.0 Å². The highest BCUT2D eigenvalue weighted by molar-refractivity contribution is 6.05. The molecule has 0 spiro atoms. The van der Waals surface area contributed by atoms with Crippen molar-refractivity contribution in [2.75, 3.05) is 13.2 Å². The van der Waals surface area contributed by atoms with Gasteiger partial charge in [-0.1, -0.05) is 78.2 Å². The second-order valence-electron chi connectivity index (χ2n) is 9.20. The van der Waals surface area contributed by atoms with Crippen molar-refractivity contribution < 1.29 is 9.47 Å². The molecule has 1 aromatic carbocycles. The Kier molecular flexibility index (Phi) is 10.1. The van der Waals surface area contributed by atoms with Crippen molar-refractivity contribution in [3.63, 3.8) is 0 Å². The van der Waals surface area contributed by atoms with E-state index in [9.17, 15) is 0 Å². The van der Waals surface area contributed by atoms with Gasteiger partial charge in [-0.3, -0.25) is 4.98 Å². The summed E-state index contributed by atoms with van der Waals surface area (Å²) in [5, 5.41) is 2.17. The zero-order valence-corrected chi connectivity index (χ0v) is 20.2. The van der Waals surface area contributed by atoms with Crippen molar-refractivity contribution in [1.29, 1.82) is 0 Å². The van der Waals surface area contributed by atoms with Crippen LogP contribution in [-0.4, -0.2) is 23.2 Å². The van der Waals surface area contributed by atoms with Crippen LogP contribution < -0.4 is 9.47 Å². The van der Waals surface area contributed by atoms with Crippen LogP contribution in [0.4, 0.5) is 0 Å². The molecule has 0 saturated carbocycles. The minimum atomic E-state index is 0.621. The monoisotopic (exact) mass is 436 g/mol. The third kappa shape index (κ3) is 7.36. The van der Waals surface area contributed by atoms with Crippen LogP contribution in [0.3, 0.4) is 0 Å². The molecule has 0 N–H and O–H groups in total. The van der Waals surface area contributed by atoms with E-state index in [0.29, 0.717) is 19.1 Å². The predicted molar refractivity (Wildman–Crippen MR) is 135 cm³/mol. The van der Waals surface area contributed by atoms with E-state index in [2.05, 4.69) is 37.9 Å². The van der Waals surface area contributed by atoms with Crippen LogP contribution in [0.5, 0.6) is 11.6 Å². The van der Waals surface area contributed by atoms with E-state index in [1.165, 1.54) is 51.4 Å². The molecule has 0 saturated heterocycles. The number of hydrogen-bond donors (Lipinski definition) is 0. The van der Waals surface area contributed by atoms with Crippen LogP contribution in [0.1, 0.15) is 85.0 Å². The zero-order chi connectivity index (χ0) is 22.6. The molecule has 0 radical (unpaired) electrons. The Morgan fingerprint density at radius 3 is 2.28 bits per heavy atom. The van der Waals surface area contributed by atoms with Crippen LogP contribution in [0.2, 0.25) is 0 Å². The first-order valence-corrected chi connectivity index (χ1v) is 12.6. The van der Waals surface area contributed by atoms with Crippen LogP contribution >= 0.6 is 0 Å². The topological polar surface area (TPSA) is 44.2 Å². The number of aromatic nitrogens is 2. The Morgan fingerprint density at radius 1 is 0.781 bits per heavy atom. The molecule has 0 aliphatic rings. The van der Waals surface area contributed by atoms with Gasteiger partial charge in [0.25, 0.3) is 5.88 Å². The fourth-order valence-electron chi connectivity index (χ4n) is 4.04. The molecule has 4 nitrogen and oxygen atoms in total. The van der Waals surface area contributed by atoms with E-state index in [-0.39, 0.29) is 0 Å². The number of benzene rings is 1. The summed E-state index contributed by atoms with van der Waals surface area (Å²) in [7, 11) is 0. The van der Waals surface area contributed by atoms with Crippen LogP contribution in [0.15, 0.2) is 36.5 Å². The lowest BCUT2D eigenvalue weighted by Gasteiger charge is -2.14. The maximum absolute atomic E-state index is 6.21. The van der Waals surface area contributed by atoms with E-state index in [0.717, 1.165) is 46.3 Å². The molecule has 0 atom stereocenters. The number of rotatable bonds is 15. The highest BCUT2D eigenvalue weighted by Crippen LogP contribution is 2.33.